The van der Waals surface area contributed by atoms with Crippen molar-refractivity contribution in [3.63, 3.8) is 0 Å². The van der Waals surface area contributed by atoms with Crippen molar-refractivity contribution in [2.24, 2.45) is 0 Å². The summed E-state index contributed by atoms with van der Waals surface area (Å²) in [7, 11) is 1.68. The number of ether oxygens (including phenoxy) is 1. The highest BCUT2D eigenvalue weighted by Crippen LogP contribution is 2.24. The highest BCUT2D eigenvalue weighted by atomic mass is 19.1. The van der Waals surface area contributed by atoms with Gasteiger partial charge in [0.1, 0.15) is 11.6 Å². The van der Waals surface area contributed by atoms with Crippen LogP contribution < -0.4 is 9.64 Å². The molecule has 0 atom stereocenters. The topological polar surface area (TPSA) is 44.4 Å². The minimum absolute atomic E-state index is 0.227. The van der Waals surface area contributed by atoms with Crippen LogP contribution in [0.5, 0.6) is 5.75 Å². The second kappa shape index (κ2) is 7.80. The van der Waals surface area contributed by atoms with E-state index < -0.39 is 0 Å². The van der Waals surface area contributed by atoms with E-state index in [-0.39, 0.29) is 5.82 Å². The van der Waals surface area contributed by atoms with Gasteiger partial charge in [0.15, 0.2) is 0 Å². The lowest BCUT2D eigenvalue weighted by Gasteiger charge is -2.36. The Labute approximate surface area is 158 Å². The van der Waals surface area contributed by atoms with Crippen LogP contribution in [0.4, 0.5) is 10.1 Å². The van der Waals surface area contributed by atoms with Crippen LogP contribution in [0.3, 0.4) is 0 Å². The lowest BCUT2D eigenvalue weighted by atomic mass is 10.1. The summed E-state index contributed by atoms with van der Waals surface area (Å²) in [5, 5.41) is 7.25. The third-order valence-electron chi connectivity index (χ3n) is 5.05. The lowest BCUT2D eigenvalue weighted by Crippen LogP contribution is -2.45. The number of hydrogen-bond acceptors (Lipinski definition) is 4. The first-order valence-electron chi connectivity index (χ1n) is 9.12. The smallest absolute Gasteiger partial charge is 0.123 e. The van der Waals surface area contributed by atoms with Gasteiger partial charge in [0.2, 0.25) is 0 Å². The highest BCUT2D eigenvalue weighted by molar-refractivity contribution is 5.62. The van der Waals surface area contributed by atoms with Crippen LogP contribution in [0.2, 0.25) is 0 Å². The molecule has 0 amide bonds. The number of anilines is 1. The average Bonchev–Trinajstić information content (AvgIpc) is 3.17. The molecule has 1 fully saturated rings. The van der Waals surface area contributed by atoms with Crippen molar-refractivity contribution in [2.75, 3.05) is 38.2 Å². The Hall–Kier alpha value is -2.86. The molecule has 1 aliphatic heterocycles. The van der Waals surface area contributed by atoms with E-state index in [1.54, 1.807) is 19.2 Å². The van der Waals surface area contributed by atoms with Gasteiger partial charge in [0, 0.05) is 49.5 Å². The van der Waals surface area contributed by atoms with E-state index in [0.717, 1.165) is 55.3 Å². The second-order valence-corrected chi connectivity index (χ2v) is 6.74. The van der Waals surface area contributed by atoms with Crippen LogP contribution in [-0.4, -0.2) is 48.4 Å². The maximum atomic E-state index is 13.2. The molecule has 0 bridgehead atoms. The van der Waals surface area contributed by atoms with Gasteiger partial charge in [-0.3, -0.25) is 10.00 Å². The fourth-order valence-electron chi connectivity index (χ4n) is 3.50. The molecule has 6 heteroatoms. The molecule has 4 rings (SSSR count). The molecule has 0 spiro atoms. The van der Waals surface area contributed by atoms with Crippen molar-refractivity contribution >= 4 is 5.69 Å². The predicted octanol–water partition coefficient (Wildman–Crippen LogP) is 3.55. The van der Waals surface area contributed by atoms with Crippen LogP contribution >= 0.6 is 0 Å². The zero-order valence-electron chi connectivity index (χ0n) is 15.4. The number of methoxy groups -OCH3 is 1. The van der Waals surface area contributed by atoms with Gasteiger partial charge < -0.3 is 9.64 Å². The van der Waals surface area contributed by atoms with Crippen molar-refractivity contribution in [3.05, 3.63) is 66.1 Å². The molecule has 5 nitrogen and oxygen atoms in total. The fraction of sp³-hybridized carbons (Fsp3) is 0.286. The van der Waals surface area contributed by atoms with Gasteiger partial charge >= 0.3 is 0 Å². The normalized spacial score (nSPS) is 15.1. The van der Waals surface area contributed by atoms with Crippen LogP contribution in [0, 0.1) is 5.82 Å². The van der Waals surface area contributed by atoms with E-state index in [1.165, 1.54) is 17.8 Å². The van der Waals surface area contributed by atoms with Crippen molar-refractivity contribution < 1.29 is 9.13 Å². The zero-order chi connectivity index (χ0) is 18.6. The maximum absolute atomic E-state index is 13.2. The molecule has 27 heavy (non-hydrogen) atoms. The number of nitrogens with one attached hydrogen (secondary N) is 1. The van der Waals surface area contributed by atoms with Gasteiger partial charge in [-0.15, -0.1) is 0 Å². The van der Waals surface area contributed by atoms with Crippen LogP contribution in [0.15, 0.2) is 54.7 Å². The summed E-state index contributed by atoms with van der Waals surface area (Å²) in [6, 6.07) is 14.8. The van der Waals surface area contributed by atoms with E-state index in [0.29, 0.717) is 0 Å². The maximum Gasteiger partial charge on any atom is 0.123 e. The summed E-state index contributed by atoms with van der Waals surface area (Å²) in [5.74, 6) is 0.653. The molecule has 2 heterocycles. The van der Waals surface area contributed by atoms with Gasteiger partial charge in [-0.25, -0.2) is 4.39 Å². The Morgan fingerprint density at radius 2 is 1.70 bits per heavy atom. The molecule has 0 radical (unpaired) electrons. The van der Waals surface area contributed by atoms with Crippen molar-refractivity contribution in [3.8, 4) is 17.0 Å². The van der Waals surface area contributed by atoms with Crippen molar-refractivity contribution in [1.29, 1.82) is 0 Å². The number of nitrogens with zero attached hydrogens (tertiary/aromatic N) is 3. The molecule has 1 aliphatic rings. The second-order valence-electron chi connectivity index (χ2n) is 6.74. The Kier molecular flexibility index (Phi) is 5.07. The molecule has 0 aliphatic carbocycles. The third-order valence-corrected chi connectivity index (χ3v) is 5.05. The number of rotatable bonds is 5. The third kappa shape index (κ3) is 3.95. The summed E-state index contributed by atoms with van der Waals surface area (Å²) in [6.45, 7) is 4.77. The molecule has 1 N–H and O–H groups in total. The number of H-pyrrole nitrogens is 1. The minimum Gasteiger partial charge on any atom is -0.497 e. The molecular weight excluding hydrogens is 343 g/mol. The van der Waals surface area contributed by atoms with E-state index >= 15 is 0 Å². The summed E-state index contributed by atoms with van der Waals surface area (Å²) >= 11 is 0. The largest absolute Gasteiger partial charge is 0.497 e. The Bertz CT molecular complexity index is 868. The lowest BCUT2D eigenvalue weighted by molar-refractivity contribution is 0.250. The molecule has 1 saturated heterocycles. The summed E-state index contributed by atoms with van der Waals surface area (Å²) in [6.07, 6.45) is 1.87. The Morgan fingerprint density at radius 3 is 2.37 bits per heavy atom. The number of benzene rings is 2. The highest BCUT2D eigenvalue weighted by Gasteiger charge is 2.19. The number of halogens is 1. The van der Waals surface area contributed by atoms with E-state index in [2.05, 4.69) is 32.1 Å². The van der Waals surface area contributed by atoms with Gasteiger partial charge in [0.25, 0.3) is 0 Å². The standard InChI is InChI=1S/C21H23FN4O/c1-27-20-8-6-19(7-9-20)26-12-10-25(11-13-26)15-17-14-23-24-21(17)16-2-4-18(22)5-3-16/h2-9,14H,10-13,15H2,1H3,(H,23,24). The Morgan fingerprint density at radius 1 is 1.00 bits per heavy atom. The van der Waals surface area contributed by atoms with Crippen LogP contribution in [-0.2, 0) is 6.54 Å². The minimum atomic E-state index is -0.227. The van der Waals surface area contributed by atoms with Crippen molar-refractivity contribution in [1.82, 2.24) is 15.1 Å². The molecular formula is C21H23FN4O. The first kappa shape index (κ1) is 17.5. The van der Waals surface area contributed by atoms with Gasteiger partial charge in [0.05, 0.1) is 19.0 Å². The number of aromatic amines is 1. The summed E-state index contributed by atoms with van der Waals surface area (Å²) in [4.78, 5) is 4.82. The number of hydrogen-bond donors (Lipinski definition) is 1. The monoisotopic (exact) mass is 366 g/mol. The van der Waals surface area contributed by atoms with E-state index in [1.807, 2.05) is 18.3 Å². The summed E-state index contributed by atoms with van der Waals surface area (Å²) < 4.78 is 18.4. The van der Waals surface area contributed by atoms with E-state index in [4.69, 9.17) is 4.74 Å². The van der Waals surface area contributed by atoms with Gasteiger partial charge in [-0.05, 0) is 48.5 Å². The van der Waals surface area contributed by atoms with Gasteiger partial charge in [-0.1, -0.05) is 0 Å². The summed E-state index contributed by atoms with van der Waals surface area (Å²) in [5.41, 5.74) is 4.29. The molecule has 1 aromatic heterocycles. The molecule has 0 saturated carbocycles. The first-order chi connectivity index (χ1) is 13.2. The average molecular weight is 366 g/mol. The van der Waals surface area contributed by atoms with Crippen LogP contribution in [0.1, 0.15) is 5.56 Å². The van der Waals surface area contributed by atoms with Crippen molar-refractivity contribution in [2.45, 2.75) is 6.54 Å². The Balaban J connectivity index is 1.38. The number of piperazine rings is 1. The van der Waals surface area contributed by atoms with E-state index in [9.17, 15) is 4.39 Å². The molecule has 0 unspecified atom stereocenters. The molecule has 140 valence electrons. The fourth-order valence-corrected chi connectivity index (χ4v) is 3.50. The quantitative estimate of drug-likeness (QED) is 0.750. The predicted molar refractivity (Wildman–Crippen MR) is 104 cm³/mol. The molecule has 3 aromatic rings. The SMILES string of the molecule is COc1ccc(N2CCN(Cc3cn[nH]c3-c3ccc(F)cc3)CC2)cc1. The molecule has 2 aromatic carbocycles. The van der Waals surface area contributed by atoms with Gasteiger partial charge in [-0.2, -0.15) is 5.10 Å². The number of aromatic nitrogens is 2. The van der Waals surface area contributed by atoms with Crippen LogP contribution in [0.25, 0.3) is 11.3 Å². The zero-order valence-corrected chi connectivity index (χ0v) is 15.4. The first-order valence-corrected chi connectivity index (χ1v) is 9.12.